The van der Waals surface area contributed by atoms with Crippen molar-refractivity contribution in [2.24, 2.45) is 5.92 Å². The summed E-state index contributed by atoms with van der Waals surface area (Å²) < 4.78 is 20.3. The maximum absolute atomic E-state index is 14.5. The van der Waals surface area contributed by atoms with Crippen molar-refractivity contribution in [1.82, 2.24) is 15.1 Å². The van der Waals surface area contributed by atoms with Crippen LogP contribution in [-0.4, -0.2) is 68.4 Å². The summed E-state index contributed by atoms with van der Waals surface area (Å²) in [6, 6.07) is 15.1. The molecule has 2 aromatic rings. The second kappa shape index (κ2) is 10.9. The molecule has 0 radical (unpaired) electrons. The van der Waals surface area contributed by atoms with Gasteiger partial charge < -0.3 is 20.1 Å². The minimum Gasteiger partial charge on any atom is -0.492 e. The number of rotatable bonds is 10. The van der Waals surface area contributed by atoms with Gasteiger partial charge in [-0.2, -0.15) is 0 Å². The van der Waals surface area contributed by atoms with E-state index < -0.39 is 0 Å². The van der Waals surface area contributed by atoms with Crippen molar-refractivity contribution in [2.45, 2.75) is 25.0 Å². The highest BCUT2D eigenvalue weighted by molar-refractivity contribution is 5.28. The topological polar surface area (TPSA) is 48.0 Å². The Labute approximate surface area is 179 Å². The number of likely N-dealkylation sites (N-methyl/N-ethyl adjacent to an activating group) is 2. The first-order chi connectivity index (χ1) is 14.5. The highest BCUT2D eigenvalue weighted by Crippen LogP contribution is 2.40. The lowest BCUT2D eigenvalue weighted by molar-refractivity contribution is 0.151. The van der Waals surface area contributed by atoms with Gasteiger partial charge in [-0.05, 0) is 57.2 Å². The molecule has 1 aliphatic rings. The number of aliphatic hydroxyl groups excluding tert-OH is 1. The first-order valence-corrected chi connectivity index (χ1v) is 10.6. The third-order valence-corrected chi connectivity index (χ3v) is 5.91. The van der Waals surface area contributed by atoms with Crippen LogP contribution in [0.2, 0.25) is 0 Å². The Morgan fingerprint density at radius 2 is 2.00 bits per heavy atom. The van der Waals surface area contributed by atoms with Crippen LogP contribution in [-0.2, 0) is 6.54 Å². The molecule has 1 saturated heterocycles. The molecule has 0 saturated carbocycles. The van der Waals surface area contributed by atoms with Crippen molar-refractivity contribution in [1.29, 1.82) is 0 Å². The van der Waals surface area contributed by atoms with E-state index in [4.69, 9.17) is 4.74 Å². The molecule has 1 heterocycles. The van der Waals surface area contributed by atoms with Gasteiger partial charge in [-0.1, -0.05) is 30.3 Å². The van der Waals surface area contributed by atoms with E-state index in [9.17, 15) is 9.50 Å². The molecule has 0 amide bonds. The summed E-state index contributed by atoms with van der Waals surface area (Å²) in [5.41, 5.74) is 1.86. The average molecular weight is 416 g/mol. The van der Waals surface area contributed by atoms with Gasteiger partial charge in [0.05, 0.1) is 6.61 Å². The molecular formula is C24H34FN3O2. The molecule has 0 unspecified atom stereocenters. The SMILES string of the molecule is CN(C)CCOc1cccc(CNC[C@@H]2C[C@H](CO)N(C)[C@@H]2c2ccccc2F)c1. The van der Waals surface area contributed by atoms with Crippen LogP contribution in [0, 0.1) is 11.7 Å². The van der Waals surface area contributed by atoms with Crippen LogP contribution in [0.15, 0.2) is 48.5 Å². The molecule has 2 N–H and O–H groups in total. The van der Waals surface area contributed by atoms with Gasteiger partial charge in [-0.15, -0.1) is 0 Å². The zero-order valence-electron chi connectivity index (χ0n) is 18.2. The van der Waals surface area contributed by atoms with E-state index in [2.05, 4.69) is 27.2 Å². The lowest BCUT2D eigenvalue weighted by atomic mass is 9.92. The summed E-state index contributed by atoms with van der Waals surface area (Å²) in [6.45, 7) is 3.10. The van der Waals surface area contributed by atoms with Gasteiger partial charge >= 0.3 is 0 Å². The lowest BCUT2D eigenvalue weighted by Crippen LogP contribution is -2.32. The molecule has 1 fully saturated rings. The molecule has 0 bridgehead atoms. The highest BCUT2D eigenvalue weighted by Gasteiger charge is 2.40. The van der Waals surface area contributed by atoms with Gasteiger partial charge in [-0.25, -0.2) is 4.39 Å². The van der Waals surface area contributed by atoms with Crippen molar-refractivity contribution < 1.29 is 14.2 Å². The number of nitrogens with one attached hydrogen (secondary N) is 1. The third kappa shape index (κ3) is 5.79. The molecule has 3 rings (SSSR count). The van der Waals surface area contributed by atoms with Crippen molar-refractivity contribution in [2.75, 3.05) is 47.4 Å². The largest absolute Gasteiger partial charge is 0.492 e. The predicted molar refractivity (Wildman–Crippen MR) is 118 cm³/mol. The van der Waals surface area contributed by atoms with Crippen LogP contribution in [0.5, 0.6) is 5.75 Å². The number of likely N-dealkylation sites (tertiary alicyclic amines) is 1. The van der Waals surface area contributed by atoms with Gasteiger partial charge in [0.15, 0.2) is 0 Å². The Morgan fingerprint density at radius 1 is 1.20 bits per heavy atom. The molecule has 0 aromatic heterocycles. The van der Waals surface area contributed by atoms with Crippen LogP contribution in [0.3, 0.4) is 0 Å². The highest BCUT2D eigenvalue weighted by atomic mass is 19.1. The monoisotopic (exact) mass is 415 g/mol. The summed E-state index contributed by atoms with van der Waals surface area (Å²) in [6.07, 6.45) is 0.840. The number of nitrogens with zero attached hydrogens (tertiary/aromatic N) is 2. The van der Waals surface area contributed by atoms with Crippen molar-refractivity contribution in [3.8, 4) is 5.75 Å². The normalized spacial score (nSPS) is 22.0. The molecule has 30 heavy (non-hydrogen) atoms. The molecule has 0 spiro atoms. The lowest BCUT2D eigenvalue weighted by Gasteiger charge is -2.28. The molecule has 5 nitrogen and oxygen atoms in total. The molecule has 0 aliphatic carbocycles. The molecule has 2 aromatic carbocycles. The van der Waals surface area contributed by atoms with Crippen molar-refractivity contribution in [3.63, 3.8) is 0 Å². The van der Waals surface area contributed by atoms with E-state index in [-0.39, 0.29) is 30.4 Å². The van der Waals surface area contributed by atoms with E-state index in [1.165, 1.54) is 6.07 Å². The van der Waals surface area contributed by atoms with Gasteiger partial charge in [0.2, 0.25) is 0 Å². The summed E-state index contributed by atoms with van der Waals surface area (Å²) >= 11 is 0. The second-order valence-electron chi connectivity index (χ2n) is 8.39. The van der Waals surface area contributed by atoms with Crippen LogP contribution < -0.4 is 10.1 Å². The van der Waals surface area contributed by atoms with Crippen molar-refractivity contribution >= 4 is 0 Å². The maximum Gasteiger partial charge on any atom is 0.127 e. The zero-order valence-corrected chi connectivity index (χ0v) is 18.2. The van der Waals surface area contributed by atoms with Crippen LogP contribution >= 0.6 is 0 Å². The molecular weight excluding hydrogens is 381 g/mol. The standard InChI is InChI=1S/C24H34FN3O2/c1-27(2)11-12-30-21-8-6-7-18(13-21)15-26-16-19-14-20(17-29)28(3)24(19)22-9-4-5-10-23(22)25/h4-10,13,19-20,24,26,29H,11-12,14-17H2,1-3H3/t19-,20+,24-/m0/s1. The molecule has 3 atom stereocenters. The van der Waals surface area contributed by atoms with Crippen LogP contribution in [0.4, 0.5) is 4.39 Å². The summed E-state index contributed by atoms with van der Waals surface area (Å²) in [5.74, 6) is 0.922. The number of hydrogen-bond acceptors (Lipinski definition) is 5. The Hall–Kier alpha value is -1.99. The van der Waals surface area contributed by atoms with Gasteiger partial charge in [0.25, 0.3) is 0 Å². The van der Waals surface area contributed by atoms with E-state index in [1.807, 2.05) is 45.4 Å². The maximum atomic E-state index is 14.5. The number of benzene rings is 2. The smallest absolute Gasteiger partial charge is 0.127 e. The van der Waals surface area contributed by atoms with Crippen LogP contribution in [0.25, 0.3) is 0 Å². The van der Waals surface area contributed by atoms with E-state index >= 15 is 0 Å². The minimum absolute atomic E-state index is 0.0449. The Bertz CT molecular complexity index is 802. The fourth-order valence-corrected chi connectivity index (χ4v) is 4.28. The van der Waals surface area contributed by atoms with Gasteiger partial charge in [0, 0.05) is 37.3 Å². The van der Waals surface area contributed by atoms with Crippen molar-refractivity contribution in [3.05, 3.63) is 65.5 Å². The first-order valence-electron chi connectivity index (χ1n) is 10.6. The number of aliphatic hydroxyl groups is 1. The van der Waals surface area contributed by atoms with Gasteiger partial charge in [-0.3, -0.25) is 4.90 Å². The first kappa shape index (κ1) is 22.7. The molecule has 6 heteroatoms. The zero-order chi connectivity index (χ0) is 21.5. The fraction of sp³-hybridized carbons (Fsp3) is 0.500. The number of hydrogen-bond donors (Lipinski definition) is 2. The number of halogens is 1. The molecule has 164 valence electrons. The van der Waals surface area contributed by atoms with E-state index in [0.29, 0.717) is 12.2 Å². The summed E-state index contributed by atoms with van der Waals surface area (Å²) in [5, 5.41) is 13.3. The second-order valence-corrected chi connectivity index (χ2v) is 8.39. The quantitative estimate of drug-likeness (QED) is 0.625. The average Bonchev–Trinajstić information content (AvgIpc) is 3.04. The third-order valence-electron chi connectivity index (χ3n) is 5.91. The Kier molecular flexibility index (Phi) is 8.22. The Morgan fingerprint density at radius 3 is 2.73 bits per heavy atom. The van der Waals surface area contributed by atoms with E-state index in [0.717, 1.165) is 37.4 Å². The summed E-state index contributed by atoms with van der Waals surface area (Å²) in [4.78, 5) is 4.21. The van der Waals surface area contributed by atoms with Crippen LogP contribution in [0.1, 0.15) is 23.6 Å². The molecule has 1 aliphatic heterocycles. The minimum atomic E-state index is -0.180. The Balaban J connectivity index is 1.59. The predicted octanol–water partition coefficient (Wildman–Crippen LogP) is 2.91. The van der Waals surface area contributed by atoms with E-state index in [1.54, 1.807) is 6.07 Å². The fourth-order valence-electron chi connectivity index (χ4n) is 4.28. The summed E-state index contributed by atoms with van der Waals surface area (Å²) in [7, 11) is 6.03. The van der Waals surface area contributed by atoms with Gasteiger partial charge in [0.1, 0.15) is 18.2 Å². The number of ether oxygens (including phenoxy) is 1.